The molecule has 4 rings (SSSR count). The number of thiazole rings is 1. The molecule has 0 amide bonds. The first-order valence-corrected chi connectivity index (χ1v) is 12.7. The van der Waals surface area contributed by atoms with Crippen molar-refractivity contribution in [3.8, 4) is 17.2 Å². The number of ether oxygens (including phenoxy) is 4. The minimum atomic E-state index is -0.822. The Morgan fingerprint density at radius 3 is 2.50 bits per heavy atom. The highest BCUT2D eigenvalue weighted by Crippen LogP contribution is 2.37. The Morgan fingerprint density at radius 2 is 1.83 bits per heavy atom. The fourth-order valence-corrected chi connectivity index (χ4v) is 5.51. The lowest BCUT2D eigenvalue weighted by molar-refractivity contribution is -0.139. The maximum absolute atomic E-state index is 13.9. The maximum Gasteiger partial charge on any atom is 0.338 e. The van der Waals surface area contributed by atoms with Gasteiger partial charge in [-0.2, -0.15) is 0 Å². The van der Waals surface area contributed by atoms with Gasteiger partial charge >= 0.3 is 5.97 Å². The van der Waals surface area contributed by atoms with Crippen molar-refractivity contribution in [3.05, 3.63) is 83.0 Å². The highest BCUT2D eigenvalue weighted by molar-refractivity contribution is 9.10. The third-order valence-electron chi connectivity index (χ3n) is 5.73. The number of rotatable bonds is 7. The summed E-state index contributed by atoms with van der Waals surface area (Å²) in [4.78, 5) is 32.1. The summed E-state index contributed by atoms with van der Waals surface area (Å²) in [5, 5.41) is 0. The Morgan fingerprint density at radius 1 is 1.11 bits per heavy atom. The average molecular weight is 573 g/mol. The lowest BCUT2D eigenvalue weighted by Gasteiger charge is -2.26. The molecule has 0 aliphatic carbocycles. The number of nitrogens with zero attached hydrogens (tertiary/aromatic N) is 2. The Hall–Kier alpha value is -3.37. The van der Waals surface area contributed by atoms with Gasteiger partial charge in [0.2, 0.25) is 0 Å². The zero-order valence-corrected chi connectivity index (χ0v) is 22.9. The van der Waals surface area contributed by atoms with Crippen LogP contribution in [0.1, 0.15) is 31.0 Å². The molecule has 0 bridgehead atoms. The number of allylic oxidation sites excluding steroid dienone is 1. The Labute approximate surface area is 220 Å². The van der Waals surface area contributed by atoms with E-state index in [4.69, 9.17) is 18.9 Å². The lowest BCUT2D eigenvalue weighted by atomic mass is 9.94. The first kappa shape index (κ1) is 25.7. The van der Waals surface area contributed by atoms with E-state index < -0.39 is 12.0 Å². The van der Waals surface area contributed by atoms with Gasteiger partial charge in [0, 0.05) is 15.6 Å². The number of esters is 1. The molecule has 10 heteroatoms. The van der Waals surface area contributed by atoms with Crippen LogP contribution >= 0.6 is 27.3 Å². The molecule has 2 heterocycles. The molecule has 0 fully saturated rings. The van der Waals surface area contributed by atoms with E-state index >= 15 is 0 Å². The Bertz CT molecular complexity index is 1540. The largest absolute Gasteiger partial charge is 0.497 e. The standard InChI is InChI=1S/C26H25BrN2O6S/c1-6-35-25(31)22-14(2)28-26-29(23(22)18-13-17(32-3)8-10-20(18)34-5)24(30)21(36-26)12-15-11-16(27)7-9-19(15)33-4/h7-13,23H,6H2,1-5H3/b21-12-. The summed E-state index contributed by atoms with van der Waals surface area (Å²) < 4.78 is 24.7. The number of carbonyl (C=O) groups is 1. The van der Waals surface area contributed by atoms with Crippen LogP contribution in [0.25, 0.3) is 6.08 Å². The first-order chi connectivity index (χ1) is 17.3. The highest BCUT2D eigenvalue weighted by atomic mass is 79.9. The van der Waals surface area contributed by atoms with E-state index in [0.717, 1.165) is 10.0 Å². The summed E-state index contributed by atoms with van der Waals surface area (Å²) in [5.41, 5.74) is 1.75. The van der Waals surface area contributed by atoms with Crippen LogP contribution in [0.4, 0.5) is 0 Å². The molecule has 36 heavy (non-hydrogen) atoms. The zero-order valence-electron chi connectivity index (χ0n) is 20.5. The smallest absolute Gasteiger partial charge is 0.338 e. The molecule has 8 nitrogen and oxygen atoms in total. The maximum atomic E-state index is 13.9. The van der Waals surface area contributed by atoms with Gasteiger partial charge in [-0.05, 0) is 56.3 Å². The van der Waals surface area contributed by atoms with Gasteiger partial charge in [0.15, 0.2) is 4.80 Å². The van der Waals surface area contributed by atoms with Gasteiger partial charge in [0.1, 0.15) is 23.3 Å². The van der Waals surface area contributed by atoms with Crippen LogP contribution in [-0.2, 0) is 9.53 Å². The fraction of sp³-hybridized carbons (Fsp3) is 0.269. The van der Waals surface area contributed by atoms with E-state index in [0.29, 0.717) is 37.8 Å². The molecular formula is C26H25BrN2O6S. The van der Waals surface area contributed by atoms with E-state index in [2.05, 4.69) is 20.9 Å². The van der Waals surface area contributed by atoms with Crippen LogP contribution in [0.2, 0.25) is 0 Å². The van der Waals surface area contributed by atoms with Crippen LogP contribution in [-0.4, -0.2) is 38.5 Å². The quantitative estimate of drug-likeness (QED) is 0.402. The van der Waals surface area contributed by atoms with E-state index in [1.807, 2.05) is 18.2 Å². The Balaban J connectivity index is 2.03. The number of halogens is 1. The summed E-state index contributed by atoms with van der Waals surface area (Å²) in [7, 11) is 4.66. The van der Waals surface area contributed by atoms with E-state index in [1.54, 1.807) is 52.3 Å². The summed E-state index contributed by atoms with van der Waals surface area (Å²) in [6.45, 7) is 3.65. The normalized spacial score (nSPS) is 15.3. The third kappa shape index (κ3) is 4.70. The van der Waals surface area contributed by atoms with Crippen molar-refractivity contribution < 1.29 is 23.7 Å². The van der Waals surface area contributed by atoms with Crippen LogP contribution in [0.3, 0.4) is 0 Å². The molecule has 0 radical (unpaired) electrons. The lowest BCUT2D eigenvalue weighted by Crippen LogP contribution is -2.40. The number of hydrogen-bond acceptors (Lipinski definition) is 8. The van der Waals surface area contributed by atoms with E-state index in [-0.39, 0.29) is 17.7 Å². The molecule has 1 aromatic heterocycles. The van der Waals surface area contributed by atoms with Crippen molar-refractivity contribution in [1.29, 1.82) is 0 Å². The minimum Gasteiger partial charge on any atom is -0.497 e. The third-order valence-corrected chi connectivity index (χ3v) is 7.20. The SMILES string of the molecule is CCOC(=O)C1=C(C)N=c2s/c(=C\c3cc(Br)ccc3OC)c(=O)n2C1c1cc(OC)ccc1OC. The molecule has 1 aliphatic heterocycles. The van der Waals surface area contributed by atoms with Crippen molar-refractivity contribution in [1.82, 2.24) is 4.57 Å². The average Bonchev–Trinajstić information content (AvgIpc) is 3.17. The summed E-state index contributed by atoms with van der Waals surface area (Å²) >= 11 is 4.71. The van der Waals surface area contributed by atoms with Crippen molar-refractivity contribution in [2.24, 2.45) is 4.99 Å². The number of fused-ring (bicyclic) bond motifs is 1. The molecule has 0 N–H and O–H groups in total. The van der Waals surface area contributed by atoms with Crippen LogP contribution in [0.5, 0.6) is 17.2 Å². The van der Waals surface area contributed by atoms with Crippen molar-refractivity contribution in [2.75, 3.05) is 27.9 Å². The second kappa shape index (κ2) is 10.7. The number of aromatic nitrogens is 1. The molecule has 188 valence electrons. The predicted molar refractivity (Wildman–Crippen MR) is 141 cm³/mol. The monoisotopic (exact) mass is 572 g/mol. The Kier molecular flexibility index (Phi) is 7.65. The van der Waals surface area contributed by atoms with E-state index in [1.165, 1.54) is 23.0 Å². The molecule has 1 unspecified atom stereocenters. The number of methoxy groups -OCH3 is 3. The number of carbonyl (C=O) groups excluding carboxylic acids is 1. The molecule has 1 aliphatic rings. The number of hydrogen-bond donors (Lipinski definition) is 0. The van der Waals surface area contributed by atoms with Gasteiger partial charge in [-0.15, -0.1) is 0 Å². The first-order valence-electron chi connectivity index (χ1n) is 11.1. The molecule has 0 spiro atoms. The predicted octanol–water partition coefficient (Wildman–Crippen LogP) is 3.59. The molecule has 3 aromatic rings. The summed E-state index contributed by atoms with van der Waals surface area (Å²) in [6.07, 6.45) is 1.76. The van der Waals surface area contributed by atoms with Crippen molar-refractivity contribution in [2.45, 2.75) is 19.9 Å². The molecule has 0 saturated heterocycles. The van der Waals surface area contributed by atoms with Gasteiger partial charge in [-0.1, -0.05) is 27.3 Å². The summed E-state index contributed by atoms with van der Waals surface area (Å²) in [5.74, 6) is 1.14. The van der Waals surface area contributed by atoms with E-state index in [9.17, 15) is 9.59 Å². The molecular weight excluding hydrogens is 548 g/mol. The van der Waals surface area contributed by atoms with Crippen LogP contribution in [0.15, 0.2) is 61.9 Å². The second-order valence-corrected chi connectivity index (χ2v) is 9.72. The summed E-state index contributed by atoms with van der Waals surface area (Å²) in [6, 6.07) is 9.99. The van der Waals surface area contributed by atoms with Gasteiger partial charge in [0.25, 0.3) is 5.56 Å². The van der Waals surface area contributed by atoms with Gasteiger partial charge in [-0.3, -0.25) is 9.36 Å². The van der Waals surface area contributed by atoms with Gasteiger partial charge < -0.3 is 18.9 Å². The number of benzene rings is 2. The molecule has 2 aromatic carbocycles. The topological polar surface area (TPSA) is 88.4 Å². The fourth-order valence-electron chi connectivity index (χ4n) is 4.10. The zero-order chi connectivity index (χ0) is 26.0. The van der Waals surface area contributed by atoms with Gasteiger partial charge in [-0.25, -0.2) is 9.79 Å². The molecule has 1 atom stereocenters. The van der Waals surface area contributed by atoms with Crippen LogP contribution < -0.4 is 29.1 Å². The second-order valence-electron chi connectivity index (χ2n) is 7.80. The van der Waals surface area contributed by atoms with Gasteiger partial charge in [0.05, 0.1) is 43.7 Å². The van der Waals surface area contributed by atoms with Crippen molar-refractivity contribution in [3.63, 3.8) is 0 Å². The molecule has 0 saturated carbocycles. The highest BCUT2D eigenvalue weighted by Gasteiger charge is 2.35. The van der Waals surface area contributed by atoms with Crippen molar-refractivity contribution >= 4 is 39.3 Å². The van der Waals surface area contributed by atoms with Crippen LogP contribution in [0, 0.1) is 0 Å². The minimum absolute atomic E-state index is 0.185.